The van der Waals surface area contributed by atoms with Gasteiger partial charge in [0.2, 0.25) is 0 Å². The van der Waals surface area contributed by atoms with Gasteiger partial charge in [-0.1, -0.05) is 12.1 Å². The van der Waals surface area contributed by atoms with Gasteiger partial charge in [-0.25, -0.2) is 4.79 Å². The maximum Gasteiger partial charge on any atom is 0.416 e. The molecule has 0 bridgehead atoms. The first-order valence-electron chi connectivity index (χ1n) is 6.47. The molecule has 1 saturated carbocycles. The molecule has 1 aromatic rings. The molecule has 2 nitrogen and oxygen atoms in total. The minimum atomic E-state index is -4.34. The summed E-state index contributed by atoms with van der Waals surface area (Å²) in [5.41, 5.74) is 0.721. The number of ether oxygens (including phenoxy) is 1. The van der Waals surface area contributed by atoms with Crippen LogP contribution in [0.4, 0.5) is 13.2 Å². The molecule has 0 aliphatic heterocycles. The number of alkyl halides is 3. The highest BCUT2D eigenvalue weighted by Crippen LogP contribution is 2.42. The SMILES string of the molecule is CCOC(=O)C=C(c1ccc(C(F)(F)F)cc1)C1CC1. The summed E-state index contributed by atoms with van der Waals surface area (Å²) in [6.07, 6.45) is -1.05. The van der Waals surface area contributed by atoms with E-state index in [1.807, 2.05) is 0 Å². The Hall–Kier alpha value is -1.78. The van der Waals surface area contributed by atoms with Gasteiger partial charge in [0.05, 0.1) is 12.2 Å². The summed E-state index contributed by atoms with van der Waals surface area (Å²) >= 11 is 0. The van der Waals surface area contributed by atoms with Gasteiger partial charge in [0.25, 0.3) is 0 Å². The third-order valence-corrected chi connectivity index (χ3v) is 3.12. The van der Waals surface area contributed by atoms with Crippen molar-refractivity contribution in [3.8, 4) is 0 Å². The fraction of sp³-hybridized carbons (Fsp3) is 0.400. The van der Waals surface area contributed by atoms with Gasteiger partial charge in [-0.2, -0.15) is 13.2 Å². The molecular weight excluding hydrogens is 269 g/mol. The lowest BCUT2D eigenvalue weighted by atomic mass is 9.99. The highest BCUT2D eigenvalue weighted by Gasteiger charge is 2.31. The van der Waals surface area contributed by atoms with Gasteiger partial charge >= 0.3 is 12.1 Å². The molecule has 0 spiro atoms. The molecule has 1 fully saturated rings. The van der Waals surface area contributed by atoms with Crippen LogP contribution in [0.25, 0.3) is 5.57 Å². The second-order valence-corrected chi connectivity index (χ2v) is 4.70. The fourth-order valence-electron chi connectivity index (χ4n) is 1.99. The first kappa shape index (κ1) is 14.6. The van der Waals surface area contributed by atoms with Crippen molar-refractivity contribution in [2.75, 3.05) is 6.61 Å². The Morgan fingerprint density at radius 1 is 1.30 bits per heavy atom. The largest absolute Gasteiger partial charge is 0.463 e. The van der Waals surface area contributed by atoms with Crippen molar-refractivity contribution in [1.29, 1.82) is 0 Å². The van der Waals surface area contributed by atoms with E-state index in [1.54, 1.807) is 6.92 Å². The average Bonchev–Trinajstić information content (AvgIpc) is 3.20. The monoisotopic (exact) mass is 284 g/mol. The lowest BCUT2D eigenvalue weighted by molar-refractivity contribution is -0.138. The van der Waals surface area contributed by atoms with E-state index in [0.29, 0.717) is 5.56 Å². The number of rotatable bonds is 4. The molecule has 1 aliphatic rings. The number of hydrogen-bond donors (Lipinski definition) is 0. The lowest BCUT2D eigenvalue weighted by Crippen LogP contribution is -2.05. The van der Waals surface area contributed by atoms with Crippen LogP contribution < -0.4 is 0 Å². The molecule has 0 unspecified atom stereocenters. The Balaban J connectivity index is 2.24. The summed E-state index contributed by atoms with van der Waals surface area (Å²) in [6.45, 7) is 1.99. The van der Waals surface area contributed by atoms with Gasteiger partial charge in [0.1, 0.15) is 0 Å². The molecule has 2 rings (SSSR count). The number of allylic oxidation sites excluding steroid dienone is 1. The Kier molecular flexibility index (Phi) is 4.16. The van der Waals surface area contributed by atoms with Crippen LogP contribution in [-0.4, -0.2) is 12.6 Å². The summed E-state index contributed by atoms with van der Waals surface area (Å²) in [4.78, 5) is 11.5. The van der Waals surface area contributed by atoms with Crippen LogP contribution in [0.5, 0.6) is 0 Å². The van der Waals surface area contributed by atoms with Crippen LogP contribution >= 0.6 is 0 Å². The molecule has 0 aromatic heterocycles. The van der Waals surface area contributed by atoms with Gasteiger partial charge < -0.3 is 4.74 Å². The highest BCUT2D eigenvalue weighted by atomic mass is 19.4. The number of carbonyl (C=O) groups excluding carboxylic acids is 1. The molecule has 1 aromatic carbocycles. The molecule has 5 heteroatoms. The highest BCUT2D eigenvalue weighted by molar-refractivity contribution is 5.92. The summed E-state index contributed by atoms with van der Waals surface area (Å²) in [7, 11) is 0. The Bertz CT molecular complexity index is 511. The van der Waals surface area contributed by atoms with Crippen molar-refractivity contribution in [3.63, 3.8) is 0 Å². The zero-order valence-electron chi connectivity index (χ0n) is 11.0. The number of carbonyl (C=O) groups is 1. The number of esters is 1. The molecule has 0 saturated heterocycles. The maximum absolute atomic E-state index is 12.5. The molecule has 0 amide bonds. The first-order chi connectivity index (χ1) is 9.41. The van der Waals surface area contributed by atoms with Gasteiger partial charge in [0.15, 0.2) is 0 Å². The zero-order chi connectivity index (χ0) is 14.8. The Labute approximate surface area is 115 Å². The van der Waals surface area contributed by atoms with E-state index < -0.39 is 17.7 Å². The summed E-state index contributed by atoms with van der Waals surface area (Å²) < 4.78 is 42.4. The topological polar surface area (TPSA) is 26.3 Å². The van der Waals surface area contributed by atoms with Crippen molar-refractivity contribution in [2.24, 2.45) is 5.92 Å². The van der Waals surface area contributed by atoms with Gasteiger partial charge in [-0.15, -0.1) is 0 Å². The molecule has 0 radical (unpaired) electrons. The maximum atomic E-state index is 12.5. The number of halogens is 3. The van der Waals surface area contributed by atoms with Crippen molar-refractivity contribution in [2.45, 2.75) is 25.9 Å². The van der Waals surface area contributed by atoms with Crippen LogP contribution in [0.3, 0.4) is 0 Å². The normalized spacial score (nSPS) is 16.1. The first-order valence-corrected chi connectivity index (χ1v) is 6.47. The Morgan fingerprint density at radius 3 is 2.35 bits per heavy atom. The molecule has 20 heavy (non-hydrogen) atoms. The van der Waals surface area contributed by atoms with E-state index in [0.717, 1.165) is 30.5 Å². The molecule has 1 aliphatic carbocycles. The van der Waals surface area contributed by atoms with Crippen molar-refractivity contribution < 1.29 is 22.7 Å². The Morgan fingerprint density at radius 2 is 1.90 bits per heavy atom. The smallest absolute Gasteiger partial charge is 0.416 e. The van der Waals surface area contributed by atoms with Crippen LogP contribution in [0.15, 0.2) is 30.3 Å². The second-order valence-electron chi connectivity index (χ2n) is 4.70. The second kappa shape index (κ2) is 5.69. The predicted molar refractivity (Wildman–Crippen MR) is 68.8 cm³/mol. The van der Waals surface area contributed by atoms with E-state index >= 15 is 0 Å². The van der Waals surface area contributed by atoms with Gasteiger partial charge in [0, 0.05) is 6.08 Å². The molecule has 0 N–H and O–H groups in total. The summed E-state index contributed by atoms with van der Waals surface area (Å²) in [6, 6.07) is 4.89. The molecule has 0 heterocycles. The van der Waals surface area contributed by atoms with E-state index in [9.17, 15) is 18.0 Å². The van der Waals surface area contributed by atoms with Gasteiger partial charge in [-0.3, -0.25) is 0 Å². The van der Waals surface area contributed by atoms with Crippen molar-refractivity contribution in [3.05, 3.63) is 41.5 Å². The van der Waals surface area contributed by atoms with Gasteiger partial charge in [-0.05, 0) is 49.0 Å². The molecular formula is C15H15F3O2. The number of benzene rings is 1. The third-order valence-electron chi connectivity index (χ3n) is 3.12. The van der Waals surface area contributed by atoms with Crippen LogP contribution in [-0.2, 0) is 15.7 Å². The molecule has 108 valence electrons. The summed E-state index contributed by atoms with van der Waals surface area (Å²) in [5.74, 6) is -0.203. The molecule has 0 atom stereocenters. The van der Waals surface area contributed by atoms with E-state index in [2.05, 4.69) is 0 Å². The minimum Gasteiger partial charge on any atom is -0.463 e. The van der Waals surface area contributed by atoms with Crippen LogP contribution in [0, 0.1) is 5.92 Å². The minimum absolute atomic E-state index is 0.246. The quantitative estimate of drug-likeness (QED) is 0.615. The van der Waals surface area contributed by atoms with E-state index in [-0.39, 0.29) is 12.5 Å². The van der Waals surface area contributed by atoms with E-state index in [4.69, 9.17) is 4.74 Å². The number of hydrogen-bond acceptors (Lipinski definition) is 2. The van der Waals surface area contributed by atoms with Crippen LogP contribution in [0.2, 0.25) is 0 Å². The van der Waals surface area contributed by atoms with Crippen LogP contribution in [0.1, 0.15) is 30.9 Å². The average molecular weight is 284 g/mol. The standard InChI is InChI=1S/C15H15F3O2/c1-2-20-14(19)9-13(10-3-4-10)11-5-7-12(8-6-11)15(16,17)18/h5-10H,2-4H2,1H3. The third kappa shape index (κ3) is 3.62. The summed E-state index contributed by atoms with van der Waals surface area (Å²) in [5, 5.41) is 0. The van der Waals surface area contributed by atoms with Crippen molar-refractivity contribution >= 4 is 11.5 Å². The van der Waals surface area contributed by atoms with E-state index in [1.165, 1.54) is 18.2 Å². The predicted octanol–water partition coefficient (Wildman–Crippen LogP) is 4.06. The fourth-order valence-corrected chi connectivity index (χ4v) is 1.99. The van der Waals surface area contributed by atoms with Crippen molar-refractivity contribution in [1.82, 2.24) is 0 Å². The zero-order valence-corrected chi connectivity index (χ0v) is 11.0. The lowest BCUT2D eigenvalue weighted by Gasteiger charge is -2.10.